The summed E-state index contributed by atoms with van der Waals surface area (Å²) in [7, 11) is 0. The summed E-state index contributed by atoms with van der Waals surface area (Å²) in [5.41, 5.74) is 3.81. The minimum atomic E-state index is 0.133. The monoisotopic (exact) mass is 293 g/mol. The maximum absolute atomic E-state index is 5.87. The molecule has 1 rings (SSSR count). The number of hydrogen-bond acceptors (Lipinski definition) is 3. The highest BCUT2D eigenvalue weighted by molar-refractivity contribution is 5.43. The van der Waals surface area contributed by atoms with Crippen LogP contribution in [0.15, 0.2) is 12.1 Å². The third kappa shape index (κ3) is 6.96. The van der Waals surface area contributed by atoms with Crippen LogP contribution in [-0.2, 0) is 11.3 Å². The second-order valence-corrected chi connectivity index (χ2v) is 6.62. The molecular weight excluding hydrogens is 262 g/mol. The van der Waals surface area contributed by atoms with Crippen LogP contribution in [0.1, 0.15) is 50.8 Å². The van der Waals surface area contributed by atoms with Crippen LogP contribution >= 0.6 is 0 Å². The molecule has 0 heterocycles. The van der Waals surface area contributed by atoms with Crippen molar-refractivity contribution in [1.29, 1.82) is 0 Å². The van der Waals surface area contributed by atoms with E-state index in [0.29, 0.717) is 13.2 Å². The van der Waals surface area contributed by atoms with Crippen LogP contribution in [0.5, 0.6) is 5.75 Å². The molecule has 1 aromatic rings. The molecule has 0 aliphatic heterocycles. The molecule has 0 aliphatic rings. The summed E-state index contributed by atoms with van der Waals surface area (Å²) in [5.74, 6) is 0.995. The molecule has 1 N–H and O–H groups in total. The highest BCUT2D eigenvalue weighted by Gasteiger charge is 2.11. The van der Waals surface area contributed by atoms with Crippen molar-refractivity contribution in [3.63, 3.8) is 0 Å². The van der Waals surface area contributed by atoms with Crippen molar-refractivity contribution in [3.8, 4) is 5.75 Å². The van der Waals surface area contributed by atoms with Crippen LogP contribution in [0.25, 0.3) is 0 Å². The van der Waals surface area contributed by atoms with Crippen molar-refractivity contribution in [3.05, 3.63) is 28.8 Å². The molecular formula is C18H31NO2. The van der Waals surface area contributed by atoms with E-state index in [9.17, 15) is 0 Å². The van der Waals surface area contributed by atoms with Crippen molar-refractivity contribution in [2.45, 2.75) is 60.0 Å². The Morgan fingerprint density at radius 1 is 1.00 bits per heavy atom. The highest BCUT2D eigenvalue weighted by atomic mass is 16.5. The average molecular weight is 293 g/mol. The van der Waals surface area contributed by atoms with Gasteiger partial charge in [0.25, 0.3) is 0 Å². The third-order valence-corrected chi connectivity index (χ3v) is 3.17. The largest absolute Gasteiger partial charge is 0.491 e. The van der Waals surface area contributed by atoms with E-state index in [1.165, 1.54) is 16.7 Å². The molecule has 0 atom stereocenters. The Balaban J connectivity index is 2.58. The van der Waals surface area contributed by atoms with Gasteiger partial charge in [0.2, 0.25) is 0 Å². The second kappa shape index (κ2) is 8.40. The third-order valence-electron chi connectivity index (χ3n) is 3.17. The molecule has 21 heavy (non-hydrogen) atoms. The highest BCUT2D eigenvalue weighted by Crippen LogP contribution is 2.25. The molecule has 0 saturated carbocycles. The van der Waals surface area contributed by atoms with E-state index in [2.05, 4.69) is 59.0 Å². The predicted octanol–water partition coefficient (Wildman–Crippen LogP) is 4.00. The molecule has 0 saturated heterocycles. The van der Waals surface area contributed by atoms with Gasteiger partial charge in [-0.3, -0.25) is 0 Å². The molecule has 3 nitrogen and oxygen atoms in total. The second-order valence-electron chi connectivity index (χ2n) is 6.62. The van der Waals surface area contributed by atoms with Crippen LogP contribution < -0.4 is 10.1 Å². The fraction of sp³-hybridized carbons (Fsp3) is 0.667. The first-order valence-electron chi connectivity index (χ1n) is 7.89. The van der Waals surface area contributed by atoms with Gasteiger partial charge in [-0.1, -0.05) is 19.1 Å². The van der Waals surface area contributed by atoms with Crippen LogP contribution in [0, 0.1) is 13.8 Å². The van der Waals surface area contributed by atoms with Gasteiger partial charge < -0.3 is 14.8 Å². The minimum absolute atomic E-state index is 0.133. The Kier molecular flexibility index (Phi) is 7.20. The summed E-state index contributed by atoms with van der Waals surface area (Å²) in [6.45, 7) is 15.8. The van der Waals surface area contributed by atoms with Gasteiger partial charge in [-0.25, -0.2) is 0 Å². The van der Waals surface area contributed by atoms with Gasteiger partial charge in [0.15, 0.2) is 0 Å². The summed E-state index contributed by atoms with van der Waals surface area (Å²) in [4.78, 5) is 0. The first kappa shape index (κ1) is 18.0. The molecule has 0 radical (unpaired) electrons. The van der Waals surface area contributed by atoms with Crippen molar-refractivity contribution >= 4 is 0 Å². The summed E-state index contributed by atoms with van der Waals surface area (Å²) in [5, 5.41) is 3.52. The Hall–Kier alpha value is -1.06. The standard InChI is InChI=1S/C18H31NO2/c1-7-8-20-9-10-21-17-14(2)11-16(12-15(17)3)13-19-18(4,5)6/h11-12,19H,7-10,13H2,1-6H3. The lowest BCUT2D eigenvalue weighted by atomic mass is 10.0. The van der Waals surface area contributed by atoms with Crippen LogP contribution in [0.3, 0.4) is 0 Å². The molecule has 3 heteroatoms. The number of benzene rings is 1. The van der Waals surface area contributed by atoms with E-state index in [1.54, 1.807) is 0 Å². The molecule has 0 aliphatic carbocycles. The van der Waals surface area contributed by atoms with E-state index in [4.69, 9.17) is 9.47 Å². The SMILES string of the molecule is CCCOCCOc1c(C)cc(CNC(C)(C)C)cc1C. The van der Waals surface area contributed by atoms with Gasteiger partial charge >= 0.3 is 0 Å². The fourth-order valence-electron chi connectivity index (χ4n) is 2.19. The van der Waals surface area contributed by atoms with E-state index >= 15 is 0 Å². The van der Waals surface area contributed by atoms with Gasteiger partial charge in [-0.2, -0.15) is 0 Å². The Morgan fingerprint density at radius 3 is 2.14 bits per heavy atom. The first-order chi connectivity index (χ1) is 9.83. The van der Waals surface area contributed by atoms with Crippen LogP contribution in [0.2, 0.25) is 0 Å². The summed E-state index contributed by atoms with van der Waals surface area (Å²) < 4.78 is 11.3. The van der Waals surface area contributed by atoms with E-state index < -0.39 is 0 Å². The summed E-state index contributed by atoms with van der Waals surface area (Å²) in [6.07, 6.45) is 1.05. The zero-order chi connectivity index (χ0) is 15.9. The van der Waals surface area contributed by atoms with Crippen LogP contribution in [0.4, 0.5) is 0 Å². The van der Waals surface area contributed by atoms with E-state index in [1.807, 2.05) is 0 Å². The van der Waals surface area contributed by atoms with Crippen molar-refractivity contribution in [2.24, 2.45) is 0 Å². The van der Waals surface area contributed by atoms with Gasteiger partial charge in [-0.05, 0) is 57.7 Å². The number of rotatable bonds is 8. The zero-order valence-electron chi connectivity index (χ0n) is 14.5. The number of ether oxygens (including phenoxy) is 2. The van der Waals surface area contributed by atoms with Gasteiger partial charge in [0, 0.05) is 18.7 Å². The van der Waals surface area contributed by atoms with E-state index in [0.717, 1.165) is 25.3 Å². The predicted molar refractivity (Wildman–Crippen MR) is 89.1 cm³/mol. The lowest BCUT2D eigenvalue weighted by molar-refractivity contribution is 0.100. The topological polar surface area (TPSA) is 30.5 Å². The molecule has 0 unspecified atom stereocenters. The van der Waals surface area contributed by atoms with Crippen molar-refractivity contribution < 1.29 is 9.47 Å². The molecule has 1 aromatic carbocycles. The normalized spacial score (nSPS) is 11.7. The zero-order valence-corrected chi connectivity index (χ0v) is 14.5. The van der Waals surface area contributed by atoms with Crippen molar-refractivity contribution in [1.82, 2.24) is 5.32 Å². The summed E-state index contributed by atoms with van der Waals surface area (Å²) >= 11 is 0. The van der Waals surface area contributed by atoms with E-state index in [-0.39, 0.29) is 5.54 Å². The van der Waals surface area contributed by atoms with Crippen molar-refractivity contribution in [2.75, 3.05) is 19.8 Å². The molecule has 120 valence electrons. The molecule has 0 bridgehead atoms. The smallest absolute Gasteiger partial charge is 0.125 e. The number of hydrogen-bond donors (Lipinski definition) is 1. The van der Waals surface area contributed by atoms with Gasteiger partial charge in [0.05, 0.1) is 6.61 Å². The Morgan fingerprint density at radius 2 is 1.62 bits per heavy atom. The number of nitrogens with one attached hydrogen (secondary N) is 1. The van der Waals surface area contributed by atoms with Crippen LogP contribution in [-0.4, -0.2) is 25.4 Å². The lowest BCUT2D eigenvalue weighted by Gasteiger charge is -2.21. The minimum Gasteiger partial charge on any atom is -0.491 e. The molecule has 0 fully saturated rings. The summed E-state index contributed by atoms with van der Waals surface area (Å²) in [6, 6.07) is 4.40. The quantitative estimate of drug-likeness (QED) is 0.735. The lowest BCUT2D eigenvalue weighted by Crippen LogP contribution is -2.35. The maximum atomic E-state index is 5.87. The Bertz CT molecular complexity index is 412. The van der Waals surface area contributed by atoms with Gasteiger partial charge in [-0.15, -0.1) is 0 Å². The average Bonchev–Trinajstić information content (AvgIpc) is 2.38. The molecule has 0 aromatic heterocycles. The number of aryl methyl sites for hydroxylation is 2. The molecule has 0 amide bonds. The maximum Gasteiger partial charge on any atom is 0.125 e. The first-order valence-corrected chi connectivity index (χ1v) is 7.89. The fourth-order valence-corrected chi connectivity index (χ4v) is 2.19. The Labute approximate surface area is 130 Å². The molecule has 0 spiro atoms. The van der Waals surface area contributed by atoms with Gasteiger partial charge in [0.1, 0.15) is 12.4 Å².